The van der Waals surface area contributed by atoms with E-state index in [2.05, 4.69) is 54.5 Å². The quantitative estimate of drug-likeness (QED) is 0.415. The lowest BCUT2D eigenvalue weighted by molar-refractivity contribution is -0.228. The number of aliphatic hydroxyl groups excluding tert-OH is 3. The molecule has 9 atom stereocenters. The Hall–Kier alpha value is -0.380. The van der Waals surface area contributed by atoms with Crippen LogP contribution in [0.2, 0.25) is 0 Å². The Balaban J connectivity index is 1.63. The van der Waals surface area contributed by atoms with Crippen molar-refractivity contribution in [3.8, 4) is 0 Å². The minimum Gasteiger partial charge on any atom is -0.396 e. The fourth-order valence-electron chi connectivity index (χ4n) is 11.0. The molecule has 33 heavy (non-hydrogen) atoms. The maximum absolute atomic E-state index is 11.7. The standard InChI is InChI=1S/C30H50O3/c1-25(2)15-20-19-9-10-22-27(5)13-8-12-26(3,4)21(27)11-14-28(22,6)29(19,7)17-24(33)30(20,18-31)23(32)16-25/h9,20-24,31-33H,8,10-18H2,1-7H3/t20-,21?,22-,23?,24?,27+,28-,29-,30-/m1/s1. The summed E-state index contributed by atoms with van der Waals surface area (Å²) in [5.74, 6) is 1.46. The van der Waals surface area contributed by atoms with Gasteiger partial charge in [0, 0.05) is 0 Å². The van der Waals surface area contributed by atoms with Crippen molar-refractivity contribution >= 4 is 0 Å². The van der Waals surface area contributed by atoms with Gasteiger partial charge in [0.15, 0.2) is 0 Å². The second-order valence-electron chi connectivity index (χ2n) is 15.3. The molecule has 0 aromatic carbocycles. The number of hydrogen-bond acceptors (Lipinski definition) is 3. The van der Waals surface area contributed by atoms with Crippen LogP contribution in [-0.4, -0.2) is 34.1 Å². The first kappa shape index (κ1) is 24.3. The Kier molecular flexibility index (Phi) is 5.23. The minimum absolute atomic E-state index is 0.0103. The SMILES string of the molecule is CC1(C)CC(O)[C@]2(CO)C(O)C[C@]3(C)C(=CC[C@@H]4[C@@]5(C)CCCC(C)(C)C5CC[C@]43C)[C@H]2C1. The van der Waals surface area contributed by atoms with Crippen molar-refractivity contribution in [2.45, 2.75) is 118 Å². The molecule has 0 saturated heterocycles. The zero-order chi connectivity index (χ0) is 24.2. The molecular weight excluding hydrogens is 408 g/mol. The summed E-state index contributed by atoms with van der Waals surface area (Å²) in [4.78, 5) is 0. The highest BCUT2D eigenvalue weighted by atomic mass is 16.3. The molecule has 188 valence electrons. The summed E-state index contributed by atoms with van der Waals surface area (Å²) in [6.45, 7) is 17.0. The van der Waals surface area contributed by atoms with Gasteiger partial charge in [0.05, 0.1) is 24.2 Å². The van der Waals surface area contributed by atoms with Crippen LogP contribution in [0, 0.1) is 50.2 Å². The van der Waals surface area contributed by atoms with Crippen LogP contribution in [0.1, 0.15) is 106 Å². The van der Waals surface area contributed by atoms with E-state index in [1.165, 1.54) is 37.7 Å². The lowest BCUT2D eigenvalue weighted by Crippen LogP contribution is -2.68. The van der Waals surface area contributed by atoms with Crippen LogP contribution in [0.4, 0.5) is 0 Å². The van der Waals surface area contributed by atoms with Crippen molar-refractivity contribution in [2.75, 3.05) is 6.61 Å². The van der Waals surface area contributed by atoms with E-state index in [4.69, 9.17) is 0 Å². The zero-order valence-corrected chi connectivity index (χ0v) is 22.4. The van der Waals surface area contributed by atoms with Crippen molar-refractivity contribution in [2.24, 2.45) is 50.2 Å². The Labute approximate surface area is 202 Å². The molecular formula is C30H50O3. The molecule has 0 heterocycles. The molecule has 0 amide bonds. The number of fused-ring (bicyclic) bond motifs is 7. The molecule has 0 spiro atoms. The molecule has 3 unspecified atom stereocenters. The second-order valence-corrected chi connectivity index (χ2v) is 15.3. The first-order valence-electron chi connectivity index (χ1n) is 13.9. The van der Waals surface area contributed by atoms with Crippen molar-refractivity contribution in [3.05, 3.63) is 11.6 Å². The van der Waals surface area contributed by atoms with Gasteiger partial charge in [-0.05, 0) is 96.2 Å². The van der Waals surface area contributed by atoms with E-state index in [-0.39, 0.29) is 28.8 Å². The highest BCUT2D eigenvalue weighted by Gasteiger charge is 2.70. The van der Waals surface area contributed by atoms with Crippen LogP contribution in [0.5, 0.6) is 0 Å². The maximum atomic E-state index is 11.7. The molecule has 0 aromatic heterocycles. The van der Waals surface area contributed by atoms with E-state index in [0.29, 0.717) is 29.6 Å². The van der Waals surface area contributed by atoms with Crippen LogP contribution >= 0.6 is 0 Å². The van der Waals surface area contributed by atoms with E-state index in [1.54, 1.807) is 0 Å². The Morgan fingerprint density at radius 2 is 1.52 bits per heavy atom. The molecule has 0 aromatic rings. The highest BCUT2D eigenvalue weighted by molar-refractivity contribution is 5.35. The van der Waals surface area contributed by atoms with Crippen molar-refractivity contribution in [1.82, 2.24) is 0 Å². The molecule has 4 fully saturated rings. The molecule has 0 bridgehead atoms. The normalized spacial score (nSPS) is 54.8. The van der Waals surface area contributed by atoms with Crippen LogP contribution in [0.15, 0.2) is 11.6 Å². The van der Waals surface area contributed by atoms with Gasteiger partial charge in [-0.15, -0.1) is 0 Å². The topological polar surface area (TPSA) is 60.7 Å². The smallest absolute Gasteiger partial charge is 0.0657 e. The monoisotopic (exact) mass is 458 g/mol. The first-order chi connectivity index (χ1) is 15.2. The second kappa shape index (κ2) is 7.10. The number of rotatable bonds is 1. The molecule has 0 radical (unpaired) electrons. The molecule has 5 aliphatic rings. The van der Waals surface area contributed by atoms with Crippen LogP contribution in [0.3, 0.4) is 0 Å². The fraction of sp³-hybridized carbons (Fsp3) is 0.933. The van der Waals surface area contributed by atoms with E-state index >= 15 is 0 Å². The Morgan fingerprint density at radius 3 is 2.18 bits per heavy atom. The van der Waals surface area contributed by atoms with Crippen molar-refractivity contribution in [3.63, 3.8) is 0 Å². The number of allylic oxidation sites excluding steroid dienone is 2. The number of hydrogen-bond donors (Lipinski definition) is 3. The van der Waals surface area contributed by atoms with E-state index < -0.39 is 17.6 Å². The summed E-state index contributed by atoms with van der Waals surface area (Å²) in [7, 11) is 0. The van der Waals surface area contributed by atoms with E-state index in [1.807, 2.05) is 0 Å². The molecule has 3 N–H and O–H groups in total. The van der Waals surface area contributed by atoms with Gasteiger partial charge in [-0.3, -0.25) is 0 Å². The van der Waals surface area contributed by atoms with Gasteiger partial charge >= 0.3 is 0 Å². The van der Waals surface area contributed by atoms with Gasteiger partial charge in [0.1, 0.15) is 0 Å². The summed E-state index contributed by atoms with van der Waals surface area (Å²) in [6, 6.07) is 0. The summed E-state index contributed by atoms with van der Waals surface area (Å²) >= 11 is 0. The lowest BCUT2D eigenvalue weighted by atomic mass is 9.33. The highest BCUT2D eigenvalue weighted by Crippen LogP contribution is 2.75. The van der Waals surface area contributed by atoms with Crippen LogP contribution < -0.4 is 0 Å². The van der Waals surface area contributed by atoms with Gasteiger partial charge in [0.25, 0.3) is 0 Å². The molecule has 4 saturated carbocycles. The predicted molar refractivity (Wildman–Crippen MR) is 134 cm³/mol. The molecule has 5 aliphatic carbocycles. The third kappa shape index (κ3) is 2.91. The van der Waals surface area contributed by atoms with Crippen LogP contribution in [-0.2, 0) is 0 Å². The third-order valence-electron chi connectivity index (χ3n) is 12.9. The average molecular weight is 459 g/mol. The van der Waals surface area contributed by atoms with Crippen LogP contribution in [0.25, 0.3) is 0 Å². The summed E-state index contributed by atoms with van der Waals surface area (Å²) < 4.78 is 0. The van der Waals surface area contributed by atoms with Gasteiger partial charge in [-0.2, -0.15) is 0 Å². The van der Waals surface area contributed by atoms with Gasteiger partial charge in [-0.25, -0.2) is 0 Å². The predicted octanol–water partition coefficient (Wildman–Crippen LogP) is 6.11. The average Bonchev–Trinajstić information content (AvgIpc) is 2.67. The van der Waals surface area contributed by atoms with Gasteiger partial charge in [-0.1, -0.05) is 66.5 Å². The lowest BCUT2D eigenvalue weighted by Gasteiger charge is -2.72. The zero-order valence-electron chi connectivity index (χ0n) is 22.4. The Bertz CT molecular complexity index is 843. The molecule has 5 rings (SSSR count). The number of aliphatic hydroxyl groups is 3. The summed E-state index contributed by atoms with van der Waals surface area (Å²) in [5, 5.41) is 33.7. The molecule has 0 aliphatic heterocycles. The third-order valence-corrected chi connectivity index (χ3v) is 12.9. The molecule has 3 heteroatoms. The Morgan fingerprint density at radius 1 is 0.848 bits per heavy atom. The summed E-state index contributed by atoms with van der Waals surface area (Å²) in [6.07, 6.45) is 11.2. The van der Waals surface area contributed by atoms with E-state index in [9.17, 15) is 15.3 Å². The van der Waals surface area contributed by atoms with Crippen molar-refractivity contribution < 1.29 is 15.3 Å². The molecule has 3 nitrogen and oxygen atoms in total. The maximum Gasteiger partial charge on any atom is 0.0657 e. The summed E-state index contributed by atoms with van der Waals surface area (Å²) in [5.41, 5.74) is 1.49. The largest absolute Gasteiger partial charge is 0.396 e. The van der Waals surface area contributed by atoms with E-state index in [0.717, 1.165) is 18.8 Å². The van der Waals surface area contributed by atoms with Gasteiger partial charge in [0.2, 0.25) is 0 Å². The van der Waals surface area contributed by atoms with Crippen molar-refractivity contribution in [1.29, 1.82) is 0 Å². The van der Waals surface area contributed by atoms with Gasteiger partial charge < -0.3 is 15.3 Å². The minimum atomic E-state index is -0.808. The fourth-order valence-corrected chi connectivity index (χ4v) is 11.0. The first-order valence-corrected chi connectivity index (χ1v) is 13.9.